The summed E-state index contributed by atoms with van der Waals surface area (Å²) in [6.07, 6.45) is 8.84. The van der Waals surface area contributed by atoms with Crippen molar-refractivity contribution >= 4 is 29.0 Å². The van der Waals surface area contributed by atoms with Crippen LogP contribution in [0.1, 0.15) is 41.7 Å². The molecule has 0 unspecified atom stereocenters. The maximum absolute atomic E-state index is 13.0. The number of hydrogen-bond donors (Lipinski definition) is 0. The smallest absolute Gasteiger partial charge is 0.279 e. The van der Waals surface area contributed by atoms with Gasteiger partial charge in [-0.3, -0.25) is 4.79 Å². The Hall–Kier alpha value is -2.90. The Bertz CT molecular complexity index is 1140. The average Bonchev–Trinajstić information content (AvgIpc) is 3.59. The van der Waals surface area contributed by atoms with E-state index in [0.717, 1.165) is 41.9 Å². The predicted octanol–water partition coefficient (Wildman–Crippen LogP) is 4.15. The van der Waals surface area contributed by atoms with Gasteiger partial charge in [-0.1, -0.05) is 11.6 Å². The first-order valence-corrected chi connectivity index (χ1v) is 12.1. The van der Waals surface area contributed by atoms with Crippen molar-refractivity contribution in [1.82, 2.24) is 19.7 Å². The zero-order chi connectivity index (χ0) is 22.4. The molecule has 3 aromatic rings. The molecule has 0 bridgehead atoms. The van der Waals surface area contributed by atoms with E-state index >= 15 is 0 Å². The van der Waals surface area contributed by atoms with Crippen molar-refractivity contribution in [3.8, 4) is 5.69 Å². The second-order valence-electron chi connectivity index (χ2n) is 9.15. The molecule has 3 aliphatic rings. The molecule has 8 heteroatoms. The van der Waals surface area contributed by atoms with Crippen LogP contribution >= 0.6 is 11.6 Å². The van der Waals surface area contributed by atoms with Crippen LogP contribution in [0.15, 0.2) is 48.8 Å². The lowest BCUT2D eigenvalue weighted by atomic mass is 10.0. The molecule has 170 valence electrons. The normalized spacial score (nSPS) is 19.5. The molecule has 0 spiro atoms. The van der Waals surface area contributed by atoms with E-state index in [9.17, 15) is 4.79 Å². The lowest BCUT2D eigenvalue weighted by Crippen LogP contribution is -2.44. The standard InChI is InChI=1S/C25H27ClN6O/c26-19-3-5-21(6-4-19)32-17-18-16-31(25(33)24(18)28-32)22-7-8-23(27-15-22)30-13-9-20(10-14-30)29-11-1-2-12-29/h3-8,15,17,20H,1-2,9-14,16H2. The second-order valence-corrected chi connectivity index (χ2v) is 9.59. The van der Waals surface area contributed by atoms with Crippen LogP contribution in [0.4, 0.5) is 11.5 Å². The van der Waals surface area contributed by atoms with Gasteiger partial charge >= 0.3 is 0 Å². The van der Waals surface area contributed by atoms with E-state index in [-0.39, 0.29) is 5.91 Å². The Morgan fingerprint density at radius 3 is 2.30 bits per heavy atom. The number of aromatic nitrogens is 3. The first kappa shape index (κ1) is 20.7. The summed E-state index contributed by atoms with van der Waals surface area (Å²) in [5.74, 6) is 0.912. The molecule has 7 nitrogen and oxygen atoms in total. The Balaban J connectivity index is 1.11. The zero-order valence-electron chi connectivity index (χ0n) is 18.5. The predicted molar refractivity (Wildman–Crippen MR) is 129 cm³/mol. The van der Waals surface area contributed by atoms with Crippen LogP contribution in [0.3, 0.4) is 0 Å². The summed E-state index contributed by atoms with van der Waals surface area (Å²) in [4.78, 5) is 24.5. The first-order chi connectivity index (χ1) is 16.2. The van der Waals surface area contributed by atoms with Gasteiger partial charge in [0.1, 0.15) is 5.82 Å². The molecule has 1 amide bonds. The number of carbonyl (C=O) groups is 1. The fraction of sp³-hybridized carbons (Fsp3) is 0.400. The highest BCUT2D eigenvalue weighted by atomic mass is 35.5. The third-order valence-electron chi connectivity index (χ3n) is 7.15. The molecule has 5 heterocycles. The van der Waals surface area contributed by atoms with Gasteiger partial charge in [0.05, 0.1) is 24.1 Å². The van der Waals surface area contributed by atoms with Gasteiger partial charge in [0.25, 0.3) is 5.91 Å². The van der Waals surface area contributed by atoms with Crippen LogP contribution in [0.25, 0.3) is 5.69 Å². The molecule has 0 radical (unpaired) electrons. The molecular formula is C25H27ClN6O. The van der Waals surface area contributed by atoms with Crippen molar-refractivity contribution in [2.75, 3.05) is 36.0 Å². The van der Waals surface area contributed by atoms with Crippen LogP contribution in [0.2, 0.25) is 5.02 Å². The molecule has 0 N–H and O–H groups in total. The Morgan fingerprint density at radius 2 is 1.64 bits per heavy atom. The van der Waals surface area contributed by atoms with Crippen LogP contribution in [0.5, 0.6) is 0 Å². The SMILES string of the molecule is O=C1c2nn(-c3ccc(Cl)cc3)cc2CN1c1ccc(N2CCC(N3CCCC3)CC2)nc1. The highest BCUT2D eigenvalue weighted by Gasteiger charge is 2.33. The van der Waals surface area contributed by atoms with E-state index in [2.05, 4.69) is 14.9 Å². The van der Waals surface area contributed by atoms with E-state index in [1.807, 2.05) is 48.8 Å². The number of anilines is 2. The molecule has 1 aromatic carbocycles. The molecule has 33 heavy (non-hydrogen) atoms. The fourth-order valence-electron chi connectivity index (χ4n) is 5.30. The molecule has 2 fully saturated rings. The topological polar surface area (TPSA) is 57.5 Å². The molecule has 2 saturated heterocycles. The van der Waals surface area contributed by atoms with Crippen molar-refractivity contribution in [3.05, 3.63) is 65.1 Å². The maximum Gasteiger partial charge on any atom is 0.279 e. The minimum atomic E-state index is -0.0845. The van der Waals surface area contributed by atoms with Gasteiger partial charge in [-0.25, -0.2) is 9.67 Å². The monoisotopic (exact) mass is 462 g/mol. The van der Waals surface area contributed by atoms with E-state index in [1.54, 1.807) is 9.58 Å². The van der Waals surface area contributed by atoms with Gasteiger partial charge in [0.15, 0.2) is 5.69 Å². The highest BCUT2D eigenvalue weighted by molar-refractivity contribution is 6.30. The number of pyridine rings is 1. The van der Waals surface area contributed by atoms with E-state index in [1.165, 1.54) is 38.8 Å². The summed E-state index contributed by atoms with van der Waals surface area (Å²) in [7, 11) is 0. The minimum absolute atomic E-state index is 0.0845. The van der Waals surface area contributed by atoms with E-state index in [4.69, 9.17) is 16.6 Å². The minimum Gasteiger partial charge on any atom is -0.357 e. The van der Waals surface area contributed by atoms with Gasteiger partial charge in [0.2, 0.25) is 0 Å². The van der Waals surface area contributed by atoms with E-state index < -0.39 is 0 Å². The molecule has 6 rings (SSSR count). The van der Waals surface area contributed by atoms with Gasteiger partial charge in [-0.2, -0.15) is 5.10 Å². The fourth-order valence-corrected chi connectivity index (χ4v) is 5.43. The Kier molecular flexibility index (Phi) is 5.31. The number of halogens is 1. The zero-order valence-corrected chi connectivity index (χ0v) is 19.3. The lowest BCUT2D eigenvalue weighted by Gasteiger charge is -2.37. The number of amides is 1. The molecule has 0 saturated carbocycles. The van der Waals surface area contributed by atoms with Crippen molar-refractivity contribution in [2.24, 2.45) is 0 Å². The molecular weight excluding hydrogens is 436 g/mol. The number of piperidine rings is 1. The average molecular weight is 463 g/mol. The Morgan fingerprint density at radius 1 is 0.909 bits per heavy atom. The van der Waals surface area contributed by atoms with Crippen LogP contribution in [-0.4, -0.2) is 57.8 Å². The molecule has 0 aliphatic carbocycles. The number of hydrogen-bond acceptors (Lipinski definition) is 5. The van der Waals surface area contributed by atoms with Crippen molar-refractivity contribution in [1.29, 1.82) is 0 Å². The first-order valence-electron chi connectivity index (χ1n) is 11.8. The van der Waals surface area contributed by atoms with Crippen molar-refractivity contribution in [2.45, 2.75) is 38.3 Å². The number of benzene rings is 1. The van der Waals surface area contributed by atoms with E-state index in [0.29, 0.717) is 17.3 Å². The Labute approximate surface area is 198 Å². The van der Waals surface area contributed by atoms with Gasteiger partial charge in [0, 0.05) is 35.9 Å². The number of carbonyl (C=O) groups excluding carboxylic acids is 1. The summed E-state index contributed by atoms with van der Waals surface area (Å²) in [6.45, 7) is 5.12. The molecule has 2 aromatic heterocycles. The van der Waals surface area contributed by atoms with Crippen molar-refractivity contribution < 1.29 is 4.79 Å². The lowest BCUT2D eigenvalue weighted by molar-refractivity contribution is 0.0991. The summed E-state index contributed by atoms with van der Waals surface area (Å²) < 4.78 is 1.74. The number of likely N-dealkylation sites (tertiary alicyclic amines) is 1. The molecule has 3 aliphatic heterocycles. The summed E-state index contributed by atoms with van der Waals surface area (Å²) in [6, 6.07) is 12.2. The van der Waals surface area contributed by atoms with Crippen LogP contribution in [-0.2, 0) is 6.54 Å². The van der Waals surface area contributed by atoms with Gasteiger partial charge < -0.3 is 14.7 Å². The number of fused-ring (bicyclic) bond motifs is 1. The third kappa shape index (κ3) is 3.89. The van der Waals surface area contributed by atoms with Gasteiger partial charge in [-0.05, 0) is 75.2 Å². The largest absolute Gasteiger partial charge is 0.357 e. The van der Waals surface area contributed by atoms with Gasteiger partial charge in [-0.15, -0.1) is 0 Å². The van der Waals surface area contributed by atoms with Crippen molar-refractivity contribution in [3.63, 3.8) is 0 Å². The summed E-state index contributed by atoms with van der Waals surface area (Å²) in [5.41, 5.74) is 3.11. The maximum atomic E-state index is 13.0. The highest BCUT2D eigenvalue weighted by Crippen LogP contribution is 2.30. The summed E-state index contributed by atoms with van der Waals surface area (Å²) in [5, 5.41) is 5.20. The number of nitrogens with zero attached hydrogens (tertiary/aromatic N) is 6. The second kappa shape index (κ2) is 8.47. The molecule has 0 atom stereocenters. The van der Waals surface area contributed by atoms with Crippen LogP contribution < -0.4 is 9.80 Å². The summed E-state index contributed by atoms with van der Waals surface area (Å²) >= 11 is 5.98. The third-order valence-corrected chi connectivity index (χ3v) is 7.40. The number of rotatable bonds is 4. The van der Waals surface area contributed by atoms with Crippen LogP contribution in [0, 0.1) is 0 Å². The quantitative estimate of drug-likeness (QED) is 0.583.